The maximum absolute atomic E-state index is 10.3. The summed E-state index contributed by atoms with van der Waals surface area (Å²) in [5.74, 6) is -0.250. The first-order valence-corrected chi connectivity index (χ1v) is 4.51. The minimum Gasteiger partial charge on any atom is -0.425 e. The summed E-state index contributed by atoms with van der Waals surface area (Å²) in [6, 6.07) is 6.37. The van der Waals surface area contributed by atoms with E-state index < -0.39 is 10.4 Å². The van der Waals surface area contributed by atoms with Gasteiger partial charge >= 0.3 is 40.0 Å². The largest absolute Gasteiger partial charge is 1.00 e. The second kappa shape index (κ2) is 5.47. The Hall–Kier alpha value is -0.400. The Morgan fingerprint density at radius 1 is 1.50 bits per heavy atom. The van der Waals surface area contributed by atoms with E-state index in [1.807, 2.05) is 0 Å². The van der Waals surface area contributed by atoms with Crippen molar-refractivity contribution in [3.8, 4) is 5.75 Å². The maximum atomic E-state index is 10.3. The van der Waals surface area contributed by atoms with Crippen LogP contribution in [-0.4, -0.2) is 19.3 Å². The Bertz CT molecular complexity index is 414. The molecule has 7 heteroatoms. The molecule has 1 rings (SSSR count). The van der Waals surface area contributed by atoms with Crippen molar-refractivity contribution in [2.75, 3.05) is 0 Å². The van der Waals surface area contributed by atoms with Gasteiger partial charge in [0.25, 0.3) is 0 Å². The molecule has 0 saturated carbocycles. The number of hydrogen-bond donors (Lipinski definition) is 1. The van der Waals surface area contributed by atoms with Gasteiger partial charge in [-0.25, -0.2) is 0 Å². The van der Waals surface area contributed by atoms with Crippen LogP contribution in [0.4, 0.5) is 0 Å². The Balaban J connectivity index is 0.00000169. The van der Waals surface area contributed by atoms with Crippen molar-refractivity contribution < 1.29 is 51.5 Å². The van der Waals surface area contributed by atoms with Gasteiger partial charge in [-0.15, -0.1) is 6.07 Å². The standard InChI is InChI=1S/C7H5O5S.Na/c8-5-6-3-1-2-4-7(6)12-13(9,10)11;/h1,3-5H,(H,9,10,11);/q-1;+1. The van der Waals surface area contributed by atoms with Gasteiger partial charge in [0.1, 0.15) is 6.29 Å². The van der Waals surface area contributed by atoms with Gasteiger partial charge in [0.05, 0.1) is 0 Å². The quantitative estimate of drug-likeness (QED) is 0.265. The second-order valence-corrected chi connectivity index (χ2v) is 3.11. The average Bonchev–Trinajstić information content (AvgIpc) is 2.02. The van der Waals surface area contributed by atoms with Gasteiger partial charge < -0.3 is 8.98 Å². The Kier molecular flexibility index (Phi) is 5.32. The summed E-state index contributed by atoms with van der Waals surface area (Å²) in [6.45, 7) is 0. The van der Waals surface area contributed by atoms with E-state index in [0.717, 1.165) is 6.07 Å². The summed E-state index contributed by atoms with van der Waals surface area (Å²) in [5.41, 5.74) is 0.0244. The maximum Gasteiger partial charge on any atom is 1.00 e. The van der Waals surface area contributed by atoms with E-state index in [1.165, 1.54) is 12.1 Å². The molecule has 0 amide bonds. The van der Waals surface area contributed by atoms with Gasteiger partial charge in [-0.2, -0.15) is 26.6 Å². The van der Waals surface area contributed by atoms with Crippen LogP contribution in [0.3, 0.4) is 0 Å². The van der Waals surface area contributed by atoms with Crippen molar-refractivity contribution in [1.82, 2.24) is 0 Å². The van der Waals surface area contributed by atoms with Crippen molar-refractivity contribution in [3.05, 3.63) is 29.8 Å². The van der Waals surface area contributed by atoms with E-state index in [-0.39, 0.29) is 40.9 Å². The third kappa shape index (κ3) is 4.21. The van der Waals surface area contributed by atoms with Gasteiger partial charge in [0.2, 0.25) is 0 Å². The predicted octanol–water partition coefficient (Wildman–Crippen LogP) is -2.52. The topological polar surface area (TPSA) is 80.7 Å². The number of benzene rings is 1. The van der Waals surface area contributed by atoms with E-state index in [4.69, 9.17) is 4.55 Å². The first-order valence-electron chi connectivity index (χ1n) is 3.15. The molecule has 0 aliphatic rings. The molecular weight excluding hydrogens is 219 g/mol. The summed E-state index contributed by atoms with van der Waals surface area (Å²) in [6.07, 6.45) is 0.411. The molecule has 0 atom stereocenters. The van der Waals surface area contributed by atoms with Gasteiger partial charge in [0.15, 0.2) is 0 Å². The van der Waals surface area contributed by atoms with Crippen LogP contribution >= 0.6 is 0 Å². The van der Waals surface area contributed by atoms with Gasteiger partial charge in [-0.1, -0.05) is 5.56 Å². The Morgan fingerprint density at radius 3 is 2.64 bits per heavy atom. The molecule has 0 saturated heterocycles. The van der Waals surface area contributed by atoms with Crippen LogP contribution in [0.2, 0.25) is 0 Å². The average molecular weight is 224 g/mol. The molecule has 0 heterocycles. The molecule has 0 aliphatic heterocycles. The van der Waals surface area contributed by atoms with Crippen molar-refractivity contribution >= 4 is 16.7 Å². The fourth-order valence-corrected chi connectivity index (χ4v) is 1.08. The molecule has 5 nitrogen and oxygen atoms in total. The van der Waals surface area contributed by atoms with E-state index in [9.17, 15) is 13.2 Å². The zero-order valence-corrected chi connectivity index (χ0v) is 10.1. The third-order valence-electron chi connectivity index (χ3n) is 1.18. The molecule has 0 aromatic heterocycles. The van der Waals surface area contributed by atoms with Crippen molar-refractivity contribution in [2.24, 2.45) is 0 Å². The number of rotatable bonds is 3. The van der Waals surface area contributed by atoms with Crippen LogP contribution in [0.5, 0.6) is 5.75 Å². The van der Waals surface area contributed by atoms with E-state index in [0.29, 0.717) is 6.29 Å². The summed E-state index contributed by atoms with van der Waals surface area (Å²) >= 11 is 0. The molecule has 0 spiro atoms. The molecule has 1 aromatic carbocycles. The fourth-order valence-electron chi connectivity index (χ4n) is 0.710. The van der Waals surface area contributed by atoms with Gasteiger partial charge in [-0.3, -0.25) is 4.55 Å². The smallest absolute Gasteiger partial charge is 0.425 e. The molecule has 0 aliphatic carbocycles. The molecule has 0 fully saturated rings. The zero-order chi connectivity index (χ0) is 9.90. The Labute approximate surface area is 103 Å². The minimum atomic E-state index is -4.59. The molecule has 70 valence electrons. The van der Waals surface area contributed by atoms with E-state index >= 15 is 0 Å². The fraction of sp³-hybridized carbons (Fsp3) is 0. The summed E-state index contributed by atoms with van der Waals surface area (Å²) < 4.78 is 32.9. The Morgan fingerprint density at radius 2 is 2.14 bits per heavy atom. The van der Waals surface area contributed by atoms with Crippen LogP contribution in [0.15, 0.2) is 18.2 Å². The van der Waals surface area contributed by atoms with Crippen molar-refractivity contribution in [3.63, 3.8) is 0 Å². The predicted molar refractivity (Wildman–Crippen MR) is 42.8 cm³/mol. The molecular formula is C7H5NaO5S. The van der Waals surface area contributed by atoms with E-state index in [2.05, 4.69) is 10.2 Å². The van der Waals surface area contributed by atoms with Crippen LogP contribution in [0.1, 0.15) is 10.4 Å². The van der Waals surface area contributed by atoms with Crippen molar-refractivity contribution in [2.45, 2.75) is 0 Å². The van der Waals surface area contributed by atoms with Gasteiger partial charge in [0, 0.05) is 5.75 Å². The minimum absolute atomic E-state index is 0. The van der Waals surface area contributed by atoms with Crippen molar-refractivity contribution in [1.29, 1.82) is 0 Å². The zero-order valence-electron chi connectivity index (χ0n) is 7.30. The number of aldehydes is 1. The molecule has 0 radical (unpaired) electrons. The third-order valence-corrected chi connectivity index (χ3v) is 1.57. The van der Waals surface area contributed by atoms with E-state index in [1.54, 1.807) is 0 Å². The molecule has 0 bridgehead atoms. The number of carbonyl (C=O) groups excluding carboxylic acids is 1. The van der Waals surface area contributed by atoms with Crippen LogP contribution < -0.4 is 33.7 Å². The van der Waals surface area contributed by atoms with Crippen LogP contribution in [0.25, 0.3) is 0 Å². The monoisotopic (exact) mass is 224 g/mol. The molecule has 1 aromatic rings. The van der Waals surface area contributed by atoms with Gasteiger partial charge in [-0.05, 0) is 0 Å². The van der Waals surface area contributed by atoms with Crippen LogP contribution in [0, 0.1) is 6.07 Å². The molecule has 0 unspecified atom stereocenters. The molecule has 1 N–H and O–H groups in total. The second-order valence-electron chi connectivity index (χ2n) is 2.09. The normalized spacial score (nSPS) is 10.1. The number of carbonyl (C=O) groups is 1. The first-order chi connectivity index (χ1) is 6.03. The SMILES string of the molecule is O=Cc1cc[c-]cc1OS(=O)(=O)O.[Na+]. The molecule has 14 heavy (non-hydrogen) atoms. The van der Waals surface area contributed by atoms with Crippen LogP contribution in [-0.2, 0) is 10.4 Å². The summed E-state index contributed by atoms with van der Waals surface area (Å²) in [4.78, 5) is 10.3. The number of hydrogen-bond acceptors (Lipinski definition) is 4. The summed E-state index contributed by atoms with van der Waals surface area (Å²) in [5, 5.41) is 0. The summed E-state index contributed by atoms with van der Waals surface area (Å²) in [7, 11) is -4.59. The first kappa shape index (κ1) is 13.6.